The Morgan fingerprint density at radius 1 is 1.11 bits per heavy atom. The molecule has 1 aliphatic heterocycles. The Balaban J connectivity index is 1.71. The van der Waals surface area contributed by atoms with E-state index >= 15 is 0 Å². The topological polar surface area (TPSA) is 72.9 Å². The molecule has 1 atom stereocenters. The summed E-state index contributed by atoms with van der Waals surface area (Å²) in [6.45, 7) is 3.13. The smallest absolute Gasteiger partial charge is 0.338 e. The largest absolute Gasteiger partial charge is 0.454 e. The summed E-state index contributed by atoms with van der Waals surface area (Å²) < 4.78 is 37.2. The Morgan fingerprint density at radius 3 is 2.37 bits per heavy atom. The Hall–Kier alpha value is -1.93. The summed E-state index contributed by atoms with van der Waals surface area (Å²) in [4.78, 5) is 12.5. The van der Waals surface area contributed by atoms with Gasteiger partial charge in [0.1, 0.15) is 6.10 Å². The fourth-order valence-electron chi connectivity index (χ4n) is 2.80. The molecule has 1 fully saturated rings. The van der Waals surface area contributed by atoms with E-state index in [0.717, 1.165) is 0 Å². The lowest BCUT2D eigenvalue weighted by Gasteiger charge is -2.26. The summed E-state index contributed by atoms with van der Waals surface area (Å²) >= 11 is 6.12. The molecular weight excluding hydrogens is 390 g/mol. The highest BCUT2D eigenvalue weighted by molar-refractivity contribution is 7.89. The van der Waals surface area contributed by atoms with Gasteiger partial charge in [0.25, 0.3) is 0 Å². The van der Waals surface area contributed by atoms with Gasteiger partial charge >= 0.3 is 5.97 Å². The van der Waals surface area contributed by atoms with E-state index in [9.17, 15) is 13.2 Å². The van der Waals surface area contributed by atoms with Gasteiger partial charge in [0, 0.05) is 23.7 Å². The third kappa shape index (κ3) is 4.50. The number of sulfonamides is 1. The molecule has 1 heterocycles. The molecule has 8 heteroatoms. The lowest BCUT2D eigenvalue weighted by molar-refractivity contribution is 0.0338. The first-order valence-electron chi connectivity index (χ1n) is 8.53. The third-order valence-electron chi connectivity index (χ3n) is 4.32. The van der Waals surface area contributed by atoms with Crippen LogP contribution in [0.4, 0.5) is 0 Å². The molecule has 1 saturated heterocycles. The molecule has 2 aromatic carbocycles. The van der Waals surface area contributed by atoms with Gasteiger partial charge in [0.2, 0.25) is 10.0 Å². The van der Waals surface area contributed by atoms with Crippen molar-refractivity contribution in [2.24, 2.45) is 0 Å². The van der Waals surface area contributed by atoms with Gasteiger partial charge in [0.15, 0.2) is 0 Å². The molecule has 0 bridgehead atoms. The van der Waals surface area contributed by atoms with E-state index in [2.05, 4.69) is 0 Å². The number of morpholine rings is 1. The van der Waals surface area contributed by atoms with Crippen molar-refractivity contribution in [1.82, 2.24) is 4.31 Å². The van der Waals surface area contributed by atoms with Crippen molar-refractivity contribution in [3.63, 3.8) is 0 Å². The van der Waals surface area contributed by atoms with Crippen molar-refractivity contribution in [2.45, 2.75) is 17.9 Å². The molecule has 0 N–H and O–H groups in total. The van der Waals surface area contributed by atoms with E-state index in [-0.39, 0.29) is 10.5 Å². The SMILES string of the molecule is C[C@H](OC(=O)c1ccc(S(=O)(=O)N2CCOCC2)cc1)c1ccccc1Cl. The number of ether oxygens (including phenoxy) is 2. The quantitative estimate of drug-likeness (QED) is 0.708. The molecule has 0 radical (unpaired) electrons. The third-order valence-corrected chi connectivity index (χ3v) is 6.58. The van der Waals surface area contributed by atoms with Crippen LogP contribution < -0.4 is 0 Å². The Labute approximate surface area is 163 Å². The molecule has 0 aromatic heterocycles. The van der Waals surface area contributed by atoms with Crippen LogP contribution in [0.2, 0.25) is 5.02 Å². The second-order valence-corrected chi connectivity index (χ2v) is 8.46. The van der Waals surface area contributed by atoms with Crippen LogP contribution in [0.5, 0.6) is 0 Å². The van der Waals surface area contributed by atoms with Crippen LogP contribution in [0.3, 0.4) is 0 Å². The minimum Gasteiger partial charge on any atom is -0.454 e. The summed E-state index contributed by atoms with van der Waals surface area (Å²) in [5.41, 5.74) is 0.980. The van der Waals surface area contributed by atoms with Gasteiger partial charge in [-0.05, 0) is 37.3 Å². The summed E-state index contributed by atoms with van der Waals surface area (Å²) in [7, 11) is -3.59. The molecule has 0 unspecified atom stereocenters. The molecule has 0 saturated carbocycles. The molecule has 27 heavy (non-hydrogen) atoms. The number of hydrogen-bond acceptors (Lipinski definition) is 5. The van der Waals surface area contributed by atoms with Crippen LogP contribution in [0.15, 0.2) is 53.4 Å². The Morgan fingerprint density at radius 2 is 1.74 bits per heavy atom. The number of benzene rings is 2. The zero-order valence-electron chi connectivity index (χ0n) is 14.8. The highest BCUT2D eigenvalue weighted by Crippen LogP contribution is 2.26. The molecule has 0 aliphatic carbocycles. The van der Waals surface area contributed by atoms with Crippen LogP contribution in [0, 0.1) is 0 Å². The van der Waals surface area contributed by atoms with E-state index < -0.39 is 22.1 Å². The van der Waals surface area contributed by atoms with Gasteiger partial charge in [-0.25, -0.2) is 13.2 Å². The van der Waals surface area contributed by atoms with Crippen LogP contribution in [-0.2, 0) is 19.5 Å². The zero-order chi connectivity index (χ0) is 19.4. The number of rotatable bonds is 5. The highest BCUT2D eigenvalue weighted by Gasteiger charge is 2.26. The van der Waals surface area contributed by atoms with Crippen molar-refractivity contribution in [3.05, 3.63) is 64.7 Å². The standard InChI is InChI=1S/C19H20ClNO5S/c1-14(17-4-2-3-5-18(17)20)26-19(22)15-6-8-16(9-7-15)27(23,24)21-10-12-25-13-11-21/h2-9,14H,10-13H2,1H3/t14-/m0/s1. The maximum absolute atomic E-state index is 12.6. The first kappa shape index (κ1) is 19.8. The van der Waals surface area contributed by atoms with E-state index in [1.165, 1.54) is 28.6 Å². The Bertz CT molecular complexity index is 908. The molecule has 2 aromatic rings. The van der Waals surface area contributed by atoms with E-state index in [1.54, 1.807) is 25.1 Å². The minimum atomic E-state index is -3.59. The second kappa shape index (κ2) is 8.39. The molecule has 3 rings (SSSR count). The lowest BCUT2D eigenvalue weighted by Crippen LogP contribution is -2.40. The first-order chi connectivity index (χ1) is 12.9. The van der Waals surface area contributed by atoms with Gasteiger partial charge in [0.05, 0.1) is 23.7 Å². The van der Waals surface area contributed by atoms with Gasteiger partial charge in [-0.3, -0.25) is 0 Å². The maximum atomic E-state index is 12.6. The number of esters is 1. The van der Waals surface area contributed by atoms with Crippen molar-refractivity contribution in [2.75, 3.05) is 26.3 Å². The number of hydrogen-bond donors (Lipinski definition) is 0. The van der Waals surface area contributed by atoms with Crippen LogP contribution in [0.1, 0.15) is 28.9 Å². The fraction of sp³-hybridized carbons (Fsp3) is 0.316. The van der Waals surface area contributed by atoms with Gasteiger partial charge in [-0.15, -0.1) is 0 Å². The first-order valence-corrected chi connectivity index (χ1v) is 10.3. The number of halogens is 1. The van der Waals surface area contributed by atoms with Crippen molar-refractivity contribution in [1.29, 1.82) is 0 Å². The normalized spacial score (nSPS) is 16.7. The van der Waals surface area contributed by atoms with Crippen molar-refractivity contribution >= 4 is 27.6 Å². The van der Waals surface area contributed by atoms with E-state index in [4.69, 9.17) is 21.1 Å². The summed E-state index contributed by atoms with van der Waals surface area (Å²) in [5, 5.41) is 0.518. The number of carbonyl (C=O) groups excluding carboxylic acids is 1. The van der Waals surface area contributed by atoms with Crippen LogP contribution in [0.25, 0.3) is 0 Å². The molecule has 6 nitrogen and oxygen atoms in total. The summed E-state index contributed by atoms with van der Waals surface area (Å²) in [6.07, 6.45) is -0.525. The van der Waals surface area contributed by atoms with Crippen LogP contribution in [-0.4, -0.2) is 45.0 Å². The highest BCUT2D eigenvalue weighted by atomic mass is 35.5. The maximum Gasteiger partial charge on any atom is 0.338 e. The van der Waals surface area contributed by atoms with E-state index in [0.29, 0.717) is 36.9 Å². The zero-order valence-corrected chi connectivity index (χ0v) is 16.4. The molecule has 0 amide bonds. The average molecular weight is 410 g/mol. The van der Waals surface area contributed by atoms with Gasteiger partial charge in [-0.2, -0.15) is 4.31 Å². The predicted octanol–water partition coefficient (Wildman–Crippen LogP) is 3.28. The van der Waals surface area contributed by atoms with Crippen molar-refractivity contribution in [3.8, 4) is 0 Å². The fourth-order valence-corrected chi connectivity index (χ4v) is 4.49. The molecule has 144 valence electrons. The predicted molar refractivity (Wildman–Crippen MR) is 101 cm³/mol. The average Bonchev–Trinajstić information content (AvgIpc) is 2.69. The monoisotopic (exact) mass is 409 g/mol. The number of nitrogens with zero attached hydrogens (tertiary/aromatic N) is 1. The summed E-state index contributed by atoms with van der Waals surface area (Å²) in [5.74, 6) is -0.544. The number of carbonyl (C=O) groups is 1. The lowest BCUT2D eigenvalue weighted by atomic mass is 10.1. The second-order valence-electron chi connectivity index (χ2n) is 6.11. The Kier molecular flexibility index (Phi) is 6.16. The van der Waals surface area contributed by atoms with Crippen LogP contribution >= 0.6 is 11.6 Å². The molecular formula is C19H20ClNO5S. The molecule has 1 aliphatic rings. The van der Waals surface area contributed by atoms with E-state index in [1.807, 2.05) is 6.07 Å². The van der Waals surface area contributed by atoms with Crippen molar-refractivity contribution < 1.29 is 22.7 Å². The van der Waals surface area contributed by atoms with Gasteiger partial charge in [-0.1, -0.05) is 29.8 Å². The van der Waals surface area contributed by atoms with Gasteiger partial charge < -0.3 is 9.47 Å². The minimum absolute atomic E-state index is 0.139. The summed E-state index contributed by atoms with van der Waals surface area (Å²) in [6, 6.07) is 12.9. The molecule has 0 spiro atoms.